The number of thioether (sulfide) groups is 1. The van der Waals surface area contributed by atoms with Gasteiger partial charge >= 0.3 is 6.18 Å². The number of nitrogens with zero attached hydrogens (tertiary/aromatic N) is 3. The Morgan fingerprint density at radius 1 is 1.37 bits per heavy atom. The number of aromatic nitrogens is 3. The van der Waals surface area contributed by atoms with Crippen LogP contribution in [0.25, 0.3) is 11.4 Å². The van der Waals surface area contributed by atoms with E-state index in [0.717, 1.165) is 11.8 Å². The molecule has 2 heterocycles. The van der Waals surface area contributed by atoms with E-state index in [1.807, 2.05) is 0 Å². The summed E-state index contributed by atoms with van der Waals surface area (Å²) < 4.78 is 48.9. The first-order valence-corrected chi connectivity index (χ1v) is 9.87. The first-order chi connectivity index (χ1) is 14.2. The van der Waals surface area contributed by atoms with Crippen molar-refractivity contribution in [1.29, 1.82) is 0 Å². The molecule has 0 bridgehead atoms. The van der Waals surface area contributed by atoms with E-state index >= 15 is 0 Å². The Morgan fingerprint density at radius 2 is 2.17 bits per heavy atom. The molecule has 1 amide bonds. The monoisotopic (exact) mass is 460 g/mol. The van der Waals surface area contributed by atoms with E-state index in [1.165, 1.54) is 19.4 Å². The third-order valence-corrected chi connectivity index (χ3v) is 4.92. The van der Waals surface area contributed by atoms with E-state index < -0.39 is 18.6 Å². The maximum atomic E-state index is 12.9. The molecule has 7 nitrogen and oxygen atoms in total. The first-order valence-electron chi connectivity index (χ1n) is 8.51. The smallest absolute Gasteiger partial charge is 0.406 e. The summed E-state index contributed by atoms with van der Waals surface area (Å²) >= 11 is 6.92. The highest BCUT2D eigenvalue weighted by Gasteiger charge is 2.33. The van der Waals surface area contributed by atoms with E-state index in [0.29, 0.717) is 27.1 Å². The van der Waals surface area contributed by atoms with Crippen molar-refractivity contribution >= 4 is 29.3 Å². The lowest BCUT2D eigenvalue weighted by molar-refractivity contribution is -0.161. The maximum Gasteiger partial charge on any atom is 0.406 e. The van der Waals surface area contributed by atoms with Crippen molar-refractivity contribution in [2.24, 2.45) is 0 Å². The standard InChI is InChI=1S/C18H16ClF3N4O3S/c1-28-14-5-4-11(19)7-13(14)16-23-17(25-24-16)30-9-15(27)26(10-18(20,21)22)8-12-3-2-6-29-12/h2-7H,8-10H2,1H3,(H,23,24,25). The van der Waals surface area contributed by atoms with Gasteiger partial charge < -0.3 is 14.1 Å². The number of hydrogen-bond donors (Lipinski definition) is 1. The van der Waals surface area contributed by atoms with Gasteiger partial charge in [-0.05, 0) is 30.3 Å². The molecule has 0 atom stereocenters. The number of aromatic amines is 1. The zero-order valence-corrected chi connectivity index (χ0v) is 17.1. The minimum Gasteiger partial charge on any atom is -0.496 e. The molecule has 0 saturated carbocycles. The third-order valence-electron chi connectivity index (χ3n) is 3.86. The Hall–Kier alpha value is -2.66. The predicted molar refractivity (Wildman–Crippen MR) is 104 cm³/mol. The third kappa shape index (κ3) is 5.92. The number of nitrogens with one attached hydrogen (secondary N) is 1. The Morgan fingerprint density at radius 3 is 2.83 bits per heavy atom. The normalized spacial score (nSPS) is 11.5. The molecule has 0 saturated heterocycles. The number of carbonyl (C=O) groups excluding carboxylic acids is 1. The van der Waals surface area contributed by atoms with Crippen LogP contribution in [0.5, 0.6) is 5.75 Å². The second-order valence-corrected chi connectivity index (χ2v) is 7.42. The van der Waals surface area contributed by atoms with Crippen LogP contribution in [0.1, 0.15) is 5.76 Å². The van der Waals surface area contributed by atoms with Crippen molar-refractivity contribution < 1.29 is 27.1 Å². The van der Waals surface area contributed by atoms with Crippen LogP contribution in [0.2, 0.25) is 5.02 Å². The SMILES string of the molecule is COc1ccc(Cl)cc1-c1nc(SCC(=O)N(Cc2ccco2)CC(F)(F)F)n[nH]1. The summed E-state index contributed by atoms with van der Waals surface area (Å²) in [6, 6.07) is 8.00. The summed E-state index contributed by atoms with van der Waals surface area (Å²) in [6.07, 6.45) is -3.20. The summed E-state index contributed by atoms with van der Waals surface area (Å²) in [6.45, 7) is -1.67. The van der Waals surface area contributed by atoms with Crippen LogP contribution < -0.4 is 4.74 Å². The van der Waals surface area contributed by atoms with Crippen molar-refractivity contribution in [2.45, 2.75) is 17.9 Å². The van der Waals surface area contributed by atoms with Crippen LogP contribution >= 0.6 is 23.4 Å². The lowest BCUT2D eigenvalue weighted by Gasteiger charge is -2.22. The topological polar surface area (TPSA) is 84.2 Å². The first kappa shape index (κ1) is 22.0. The fourth-order valence-corrected chi connectivity index (χ4v) is 3.43. The van der Waals surface area contributed by atoms with Gasteiger partial charge in [0.05, 0.1) is 31.2 Å². The van der Waals surface area contributed by atoms with Gasteiger partial charge in [-0.1, -0.05) is 23.4 Å². The molecule has 1 N–H and O–H groups in total. The molecule has 2 aromatic heterocycles. The molecule has 12 heteroatoms. The maximum absolute atomic E-state index is 12.9. The van der Waals surface area contributed by atoms with Gasteiger partial charge in [0.1, 0.15) is 18.1 Å². The fraction of sp³-hybridized carbons (Fsp3) is 0.278. The van der Waals surface area contributed by atoms with Gasteiger partial charge in [0, 0.05) is 5.02 Å². The number of halogens is 4. The van der Waals surface area contributed by atoms with Gasteiger partial charge in [0.15, 0.2) is 5.82 Å². The summed E-state index contributed by atoms with van der Waals surface area (Å²) in [5, 5.41) is 7.37. The van der Waals surface area contributed by atoms with E-state index in [-0.39, 0.29) is 23.2 Å². The summed E-state index contributed by atoms with van der Waals surface area (Å²) in [5.41, 5.74) is 0.562. The quantitative estimate of drug-likeness (QED) is 0.501. The molecular weight excluding hydrogens is 445 g/mol. The Labute approximate surface area is 178 Å². The second kappa shape index (κ2) is 9.43. The fourth-order valence-electron chi connectivity index (χ4n) is 2.55. The van der Waals surface area contributed by atoms with Crippen molar-refractivity contribution in [3.05, 3.63) is 47.4 Å². The van der Waals surface area contributed by atoms with Gasteiger partial charge in [-0.2, -0.15) is 13.2 Å². The lowest BCUT2D eigenvalue weighted by atomic mass is 10.2. The molecule has 0 spiro atoms. The number of furan rings is 1. The van der Waals surface area contributed by atoms with Crippen molar-refractivity contribution in [2.75, 3.05) is 19.4 Å². The van der Waals surface area contributed by atoms with Gasteiger partial charge in [0.25, 0.3) is 0 Å². The van der Waals surface area contributed by atoms with Crippen LogP contribution in [0.15, 0.2) is 46.2 Å². The molecule has 0 aliphatic heterocycles. The minimum absolute atomic E-state index is 0.199. The van der Waals surface area contributed by atoms with Crippen LogP contribution in [0, 0.1) is 0 Å². The number of hydrogen-bond acceptors (Lipinski definition) is 6. The van der Waals surface area contributed by atoms with Crippen LogP contribution in [0.3, 0.4) is 0 Å². The second-order valence-electron chi connectivity index (χ2n) is 6.04. The molecular formula is C18H16ClF3N4O3S. The zero-order valence-electron chi connectivity index (χ0n) is 15.6. The lowest BCUT2D eigenvalue weighted by Crippen LogP contribution is -2.39. The number of H-pyrrole nitrogens is 1. The number of alkyl halides is 3. The van der Waals surface area contributed by atoms with Gasteiger partial charge in [-0.25, -0.2) is 4.98 Å². The molecule has 160 valence electrons. The van der Waals surface area contributed by atoms with Gasteiger partial charge in [-0.15, -0.1) is 5.10 Å². The Balaban J connectivity index is 1.68. The molecule has 30 heavy (non-hydrogen) atoms. The van der Waals surface area contributed by atoms with Crippen LogP contribution in [0.4, 0.5) is 13.2 Å². The molecule has 1 aromatic carbocycles. The zero-order chi connectivity index (χ0) is 21.7. The van der Waals surface area contributed by atoms with E-state index in [9.17, 15) is 18.0 Å². The molecule has 0 aliphatic carbocycles. The van der Waals surface area contributed by atoms with Crippen LogP contribution in [-0.4, -0.2) is 51.6 Å². The van der Waals surface area contributed by atoms with Crippen molar-refractivity contribution in [3.8, 4) is 17.1 Å². The molecule has 0 fully saturated rings. The van der Waals surface area contributed by atoms with E-state index in [2.05, 4.69) is 15.2 Å². The number of amides is 1. The number of methoxy groups -OCH3 is 1. The van der Waals surface area contributed by atoms with E-state index in [4.69, 9.17) is 20.8 Å². The highest BCUT2D eigenvalue weighted by molar-refractivity contribution is 7.99. The molecule has 3 aromatic rings. The van der Waals surface area contributed by atoms with Crippen molar-refractivity contribution in [1.82, 2.24) is 20.1 Å². The number of benzene rings is 1. The minimum atomic E-state index is -4.53. The summed E-state index contributed by atoms with van der Waals surface area (Å²) in [5.74, 6) is 0.122. The Kier molecular flexibility index (Phi) is 6.93. The Bertz CT molecular complexity index is 995. The highest BCUT2D eigenvalue weighted by atomic mass is 35.5. The average molecular weight is 461 g/mol. The number of carbonyl (C=O) groups is 1. The molecule has 0 aliphatic rings. The average Bonchev–Trinajstić information content (AvgIpc) is 3.36. The summed E-state index contributed by atoms with van der Waals surface area (Å²) in [7, 11) is 1.49. The van der Waals surface area contributed by atoms with Crippen molar-refractivity contribution in [3.63, 3.8) is 0 Å². The molecule has 3 rings (SSSR count). The summed E-state index contributed by atoms with van der Waals surface area (Å²) in [4.78, 5) is 17.3. The number of ether oxygens (including phenoxy) is 1. The van der Waals surface area contributed by atoms with Gasteiger partial charge in [-0.3, -0.25) is 9.89 Å². The largest absolute Gasteiger partial charge is 0.496 e. The van der Waals surface area contributed by atoms with Gasteiger partial charge in [0.2, 0.25) is 11.1 Å². The highest BCUT2D eigenvalue weighted by Crippen LogP contribution is 2.31. The van der Waals surface area contributed by atoms with E-state index in [1.54, 1.807) is 24.3 Å². The molecule has 0 radical (unpaired) electrons. The van der Waals surface area contributed by atoms with Crippen LogP contribution in [-0.2, 0) is 11.3 Å². The predicted octanol–water partition coefficient (Wildman–Crippen LogP) is 4.41. The molecule has 0 unspecified atom stereocenters. The number of rotatable bonds is 8.